The Bertz CT molecular complexity index is 1400. The van der Waals surface area contributed by atoms with E-state index in [1.807, 2.05) is 6.07 Å². The van der Waals surface area contributed by atoms with Crippen LogP contribution in [0.4, 0.5) is 18.9 Å². The zero-order valence-corrected chi connectivity index (χ0v) is 18.5. The van der Waals surface area contributed by atoms with Crippen molar-refractivity contribution in [2.45, 2.75) is 31.4 Å². The minimum absolute atomic E-state index is 0.127. The van der Waals surface area contributed by atoms with E-state index >= 15 is 0 Å². The normalized spacial score (nSPS) is 18.3. The number of pyridine rings is 1. The highest BCUT2D eigenvalue weighted by Gasteiger charge is 2.45. The van der Waals surface area contributed by atoms with E-state index in [0.717, 1.165) is 6.20 Å². The first-order valence-electron chi connectivity index (χ1n) is 10.9. The quantitative estimate of drug-likeness (QED) is 0.466. The van der Waals surface area contributed by atoms with E-state index in [-0.39, 0.29) is 12.3 Å². The van der Waals surface area contributed by atoms with Gasteiger partial charge in [0.2, 0.25) is 5.91 Å². The molecule has 0 unspecified atom stereocenters. The summed E-state index contributed by atoms with van der Waals surface area (Å²) in [7, 11) is 0. The Morgan fingerprint density at radius 3 is 2.54 bits per heavy atom. The lowest BCUT2D eigenvalue weighted by molar-refractivity contribution is -0.143. The van der Waals surface area contributed by atoms with Crippen molar-refractivity contribution in [1.82, 2.24) is 20.1 Å². The third-order valence-corrected chi connectivity index (χ3v) is 5.94. The van der Waals surface area contributed by atoms with Gasteiger partial charge in [-0.15, -0.1) is 0 Å². The summed E-state index contributed by atoms with van der Waals surface area (Å²) in [5.41, 5.74) is 1.92. The summed E-state index contributed by atoms with van der Waals surface area (Å²) in [5.74, 6) is -5.34. The van der Waals surface area contributed by atoms with Gasteiger partial charge in [0.25, 0.3) is 5.91 Å². The second-order valence-corrected chi connectivity index (χ2v) is 8.43. The predicted molar refractivity (Wildman–Crippen MR) is 123 cm³/mol. The fraction of sp³-hybridized carbons (Fsp3) is 0.200. The third kappa shape index (κ3) is 4.23. The van der Waals surface area contributed by atoms with E-state index in [1.54, 1.807) is 53.3 Å². The summed E-state index contributed by atoms with van der Waals surface area (Å²) in [5, 5.41) is 7.38. The van der Waals surface area contributed by atoms with Gasteiger partial charge < -0.3 is 10.2 Å². The Balaban J connectivity index is 1.53. The fourth-order valence-electron chi connectivity index (χ4n) is 4.34. The molecule has 2 aromatic carbocycles. The van der Waals surface area contributed by atoms with Gasteiger partial charge in [-0.2, -0.15) is 13.9 Å². The van der Waals surface area contributed by atoms with Gasteiger partial charge >= 0.3 is 5.92 Å². The van der Waals surface area contributed by atoms with Crippen molar-refractivity contribution in [3.63, 3.8) is 0 Å². The molecule has 178 valence electrons. The van der Waals surface area contributed by atoms with Crippen LogP contribution < -0.4 is 10.2 Å². The molecule has 10 heteroatoms. The van der Waals surface area contributed by atoms with Crippen molar-refractivity contribution < 1.29 is 22.8 Å². The highest BCUT2D eigenvalue weighted by molar-refractivity contribution is 6.00. The zero-order valence-electron chi connectivity index (χ0n) is 18.5. The van der Waals surface area contributed by atoms with Gasteiger partial charge in [-0.05, 0) is 35.9 Å². The predicted octanol–water partition coefficient (Wildman–Crippen LogP) is 4.18. The van der Waals surface area contributed by atoms with Gasteiger partial charge in [-0.25, -0.2) is 14.1 Å². The molecule has 1 aliphatic heterocycles. The third-order valence-electron chi connectivity index (χ3n) is 5.94. The Hall–Kier alpha value is -4.21. The van der Waals surface area contributed by atoms with Crippen molar-refractivity contribution >= 4 is 28.4 Å². The maximum absolute atomic E-state index is 13.6. The lowest BCUT2D eigenvalue weighted by Gasteiger charge is -2.29. The van der Waals surface area contributed by atoms with Gasteiger partial charge in [0.05, 0.1) is 30.0 Å². The Morgan fingerprint density at radius 2 is 1.86 bits per heavy atom. The minimum Gasteiger partial charge on any atom is -0.345 e. The lowest BCUT2D eigenvalue weighted by atomic mass is 9.99. The van der Waals surface area contributed by atoms with Crippen molar-refractivity contribution in [3.8, 4) is 5.82 Å². The number of hydrogen-bond acceptors (Lipinski definition) is 4. The van der Waals surface area contributed by atoms with E-state index in [2.05, 4.69) is 15.4 Å². The largest absolute Gasteiger partial charge is 0.345 e. The van der Waals surface area contributed by atoms with Crippen LogP contribution in [-0.4, -0.2) is 38.5 Å². The Labute approximate surface area is 198 Å². The number of anilines is 1. The van der Waals surface area contributed by atoms with Crippen molar-refractivity contribution in [3.05, 3.63) is 84.4 Å². The molecule has 4 aromatic rings. The van der Waals surface area contributed by atoms with E-state index in [1.165, 1.54) is 17.0 Å². The molecule has 35 heavy (non-hydrogen) atoms. The topological polar surface area (TPSA) is 80.1 Å². The van der Waals surface area contributed by atoms with Crippen LogP contribution >= 0.6 is 0 Å². The molecule has 5 rings (SSSR count). The number of hydrogen-bond donors (Lipinski definition) is 1. The second-order valence-electron chi connectivity index (χ2n) is 8.43. The summed E-state index contributed by atoms with van der Waals surface area (Å²) >= 11 is 0. The molecular weight excluding hydrogens is 459 g/mol. The number of rotatable bonds is 5. The molecule has 0 bridgehead atoms. The molecule has 1 fully saturated rings. The SMILES string of the molecule is CC(F)(F)C(=O)N[C@H]1CC(=O)N(c2ccc3c(cnn3-c3ccc(F)cn3)c2)[C@@H]1c1ccccc1. The molecule has 1 N–H and O–H groups in total. The fourth-order valence-corrected chi connectivity index (χ4v) is 4.34. The van der Waals surface area contributed by atoms with Crippen LogP contribution in [0.3, 0.4) is 0 Å². The first-order chi connectivity index (χ1) is 16.7. The molecule has 2 amide bonds. The first kappa shape index (κ1) is 22.6. The van der Waals surface area contributed by atoms with Crippen LogP contribution in [0.25, 0.3) is 16.7 Å². The van der Waals surface area contributed by atoms with Gasteiger partial charge in [-0.3, -0.25) is 9.59 Å². The number of nitrogens with zero attached hydrogens (tertiary/aromatic N) is 4. The van der Waals surface area contributed by atoms with Gasteiger partial charge in [0.15, 0.2) is 5.82 Å². The molecule has 1 saturated heterocycles. The van der Waals surface area contributed by atoms with Gasteiger partial charge in [0.1, 0.15) is 5.82 Å². The van der Waals surface area contributed by atoms with Gasteiger partial charge in [-0.1, -0.05) is 30.3 Å². The molecule has 3 heterocycles. The monoisotopic (exact) mass is 479 g/mol. The Kier molecular flexibility index (Phi) is 5.50. The van der Waals surface area contributed by atoms with Crippen molar-refractivity contribution in [2.75, 3.05) is 4.90 Å². The van der Waals surface area contributed by atoms with Crippen LogP contribution in [-0.2, 0) is 9.59 Å². The molecule has 0 aliphatic carbocycles. The number of benzene rings is 2. The van der Waals surface area contributed by atoms with E-state index in [0.29, 0.717) is 34.9 Å². The van der Waals surface area contributed by atoms with Crippen LogP contribution in [0.2, 0.25) is 0 Å². The van der Waals surface area contributed by atoms with Crippen LogP contribution in [0.15, 0.2) is 73.1 Å². The lowest BCUT2D eigenvalue weighted by Crippen LogP contribution is -2.46. The summed E-state index contributed by atoms with van der Waals surface area (Å²) in [4.78, 5) is 30.7. The molecule has 2 atom stereocenters. The average molecular weight is 479 g/mol. The number of carbonyl (C=O) groups is 2. The number of nitrogens with one attached hydrogen (secondary N) is 1. The summed E-state index contributed by atoms with van der Waals surface area (Å²) in [6, 6.07) is 15.4. The standard InChI is InChI=1S/C25H20F3N5O2/c1-25(27,28)24(35)31-19-12-22(34)32(23(19)15-5-3-2-4-6-15)18-8-9-20-16(11-18)13-30-33(20)21-10-7-17(26)14-29-21/h2-11,13-14,19,23H,12H2,1H3,(H,31,35)/t19-,23+/m0/s1. The number of halogens is 3. The molecule has 1 aliphatic rings. The molecule has 0 radical (unpaired) electrons. The minimum atomic E-state index is -3.57. The first-order valence-corrected chi connectivity index (χ1v) is 10.9. The molecular formula is C25H20F3N5O2. The smallest absolute Gasteiger partial charge is 0.321 e. The molecule has 7 nitrogen and oxygen atoms in total. The molecule has 2 aromatic heterocycles. The van der Waals surface area contributed by atoms with Crippen LogP contribution in [0.1, 0.15) is 24.9 Å². The van der Waals surface area contributed by atoms with Crippen molar-refractivity contribution in [2.24, 2.45) is 0 Å². The van der Waals surface area contributed by atoms with E-state index in [9.17, 15) is 22.8 Å². The summed E-state index contributed by atoms with van der Waals surface area (Å²) in [6.07, 6.45) is 2.57. The summed E-state index contributed by atoms with van der Waals surface area (Å²) in [6.45, 7) is 0.524. The highest BCUT2D eigenvalue weighted by Crippen LogP contribution is 2.39. The number of carbonyl (C=O) groups excluding carboxylic acids is 2. The summed E-state index contributed by atoms with van der Waals surface area (Å²) < 4.78 is 42.0. The molecule has 0 saturated carbocycles. The molecule has 0 spiro atoms. The average Bonchev–Trinajstić information content (AvgIpc) is 3.39. The zero-order chi connectivity index (χ0) is 24.7. The number of aromatic nitrogens is 3. The van der Waals surface area contributed by atoms with Crippen LogP contribution in [0.5, 0.6) is 0 Å². The van der Waals surface area contributed by atoms with Crippen molar-refractivity contribution in [1.29, 1.82) is 0 Å². The van der Waals surface area contributed by atoms with E-state index in [4.69, 9.17) is 0 Å². The number of alkyl halides is 2. The van der Waals surface area contributed by atoms with E-state index < -0.39 is 29.7 Å². The maximum atomic E-state index is 13.6. The highest BCUT2D eigenvalue weighted by atomic mass is 19.3. The van der Waals surface area contributed by atoms with Crippen LogP contribution in [0, 0.1) is 5.82 Å². The maximum Gasteiger partial charge on any atom is 0.321 e. The second kappa shape index (κ2) is 8.53. The number of amides is 2. The Morgan fingerprint density at radius 1 is 1.09 bits per heavy atom. The van der Waals surface area contributed by atoms with Gasteiger partial charge in [0, 0.05) is 24.4 Å². The number of fused-ring (bicyclic) bond motifs is 1.